The van der Waals surface area contributed by atoms with Gasteiger partial charge in [0, 0.05) is 55.4 Å². The third-order valence-electron chi connectivity index (χ3n) is 6.52. The Labute approximate surface area is 231 Å². The number of nitrogens with zero attached hydrogens (tertiary/aromatic N) is 4. The molecule has 1 amide bonds. The number of nitrogens with one attached hydrogen (secondary N) is 1. The lowest BCUT2D eigenvalue weighted by Crippen LogP contribution is -2.34. The molecule has 2 aromatic heterocycles. The lowest BCUT2D eigenvalue weighted by molar-refractivity contribution is 0.240. The monoisotopic (exact) mass is 595 g/mol. The van der Waals surface area contributed by atoms with Gasteiger partial charge in [-0.25, -0.2) is 18.6 Å². The van der Waals surface area contributed by atoms with E-state index < -0.39 is 11.6 Å². The lowest BCUT2D eigenvalue weighted by atomic mass is 10.0. The quantitative estimate of drug-likeness (QED) is 0.213. The molecule has 10 heteroatoms. The Bertz CT molecular complexity index is 1630. The normalized spacial score (nSPS) is 13.6. The molecule has 0 unspecified atom stereocenters. The van der Waals surface area contributed by atoms with E-state index >= 15 is 0 Å². The van der Waals surface area contributed by atoms with Crippen LogP contribution in [-0.2, 0) is 19.5 Å². The summed E-state index contributed by atoms with van der Waals surface area (Å²) < 4.78 is 29.8. The minimum Gasteiger partial charge on any atom is -0.333 e. The van der Waals surface area contributed by atoms with Crippen LogP contribution >= 0.6 is 27.5 Å². The van der Waals surface area contributed by atoms with E-state index in [1.807, 2.05) is 0 Å². The van der Waals surface area contributed by atoms with Crippen LogP contribution in [0.15, 0.2) is 59.2 Å². The first-order chi connectivity index (χ1) is 18.4. The summed E-state index contributed by atoms with van der Waals surface area (Å²) in [5.41, 5.74) is 4.10. The van der Waals surface area contributed by atoms with E-state index in [0.717, 1.165) is 27.7 Å². The highest BCUT2D eigenvalue weighted by atomic mass is 79.9. The number of nitriles is 1. The van der Waals surface area contributed by atoms with Crippen LogP contribution in [-0.4, -0.2) is 33.6 Å². The van der Waals surface area contributed by atoms with E-state index in [4.69, 9.17) is 11.6 Å². The Morgan fingerprint density at radius 2 is 2.05 bits per heavy atom. The van der Waals surface area contributed by atoms with E-state index in [0.29, 0.717) is 36.8 Å². The molecule has 1 aliphatic heterocycles. The van der Waals surface area contributed by atoms with Crippen LogP contribution in [0.2, 0.25) is 5.15 Å². The summed E-state index contributed by atoms with van der Waals surface area (Å²) in [4.78, 5) is 19.5. The molecule has 0 fully saturated rings. The number of rotatable bonds is 5. The number of hydrogen-bond donors (Lipinski definition) is 1. The van der Waals surface area contributed by atoms with Crippen LogP contribution in [0.5, 0.6) is 0 Å². The average Bonchev–Trinajstić information content (AvgIpc) is 3.24. The van der Waals surface area contributed by atoms with E-state index in [1.165, 1.54) is 12.1 Å². The average molecular weight is 597 g/mol. The van der Waals surface area contributed by atoms with Gasteiger partial charge in [0.25, 0.3) is 0 Å². The Kier molecular flexibility index (Phi) is 7.56. The van der Waals surface area contributed by atoms with Gasteiger partial charge >= 0.3 is 6.03 Å². The number of pyridine rings is 1. The van der Waals surface area contributed by atoms with Gasteiger partial charge in [0.1, 0.15) is 5.15 Å². The minimum absolute atomic E-state index is 0.0810. The summed E-state index contributed by atoms with van der Waals surface area (Å²) in [7, 11) is 0. The molecule has 1 aliphatic rings. The highest BCUT2D eigenvalue weighted by Crippen LogP contribution is 2.32. The van der Waals surface area contributed by atoms with Gasteiger partial charge in [-0.2, -0.15) is 5.26 Å². The zero-order valence-electron chi connectivity index (χ0n) is 20.0. The van der Waals surface area contributed by atoms with Crippen molar-refractivity contribution < 1.29 is 13.6 Å². The van der Waals surface area contributed by atoms with E-state index in [2.05, 4.69) is 37.2 Å². The van der Waals surface area contributed by atoms with Crippen molar-refractivity contribution in [1.82, 2.24) is 19.8 Å². The minimum atomic E-state index is -0.916. The highest BCUT2D eigenvalue weighted by molar-refractivity contribution is 9.10. The zero-order valence-corrected chi connectivity index (χ0v) is 22.4. The maximum Gasteiger partial charge on any atom is 0.326 e. The predicted molar refractivity (Wildman–Crippen MR) is 146 cm³/mol. The van der Waals surface area contributed by atoms with E-state index in [9.17, 15) is 18.8 Å². The van der Waals surface area contributed by atoms with Gasteiger partial charge in [-0.3, -0.25) is 9.47 Å². The van der Waals surface area contributed by atoms with Crippen molar-refractivity contribution in [2.75, 3.05) is 13.1 Å². The van der Waals surface area contributed by atoms with Crippen LogP contribution in [0, 0.1) is 23.0 Å². The summed E-state index contributed by atoms with van der Waals surface area (Å²) in [6, 6.07) is 13.7. The first-order valence-electron chi connectivity index (χ1n) is 11.8. The second kappa shape index (κ2) is 11.0. The molecule has 3 heterocycles. The second-order valence-corrected chi connectivity index (χ2v) is 10.1. The molecule has 2 aromatic carbocycles. The van der Waals surface area contributed by atoms with Crippen LogP contribution in [0.1, 0.15) is 27.9 Å². The topological polar surface area (TPSA) is 74.0 Å². The molecule has 192 valence electrons. The number of benzene rings is 2. The number of hydrogen-bond acceptors (Lipinski definition) is 4. The number of amides is 1. The van der Waals surface area contributed by atoms with E-state index in [1.54, 1.807) is 53.2 Å². The number of aromatic nitrogens is 2. The molecule has 6 nitrogen and oxygen atoms in total. The van der Waals surface area contributed by atoms with Crippen LogP contribution in [0.4, 0.5) is 13.6 Å². The fourth-order valence-corrected chi connectivity index (χ4v) is 5.18. The largest absolute Gasteiger partial charge is 0.333 e. The van der Waals surface area contributed by atoms with Crippen molar-refractivity contribution in [3.63, 3.8) is 0 Å². The molecule has 0 atom stereocenters. The molecule has 0 bridgehead atoms. The Balaban J connectivity index is 1.39. The fourth-order valence-electron chi connectivity index (χ4n) is 4.68. The van der Waals surface area contributed by atoms with Gasteiger partial charge in [-0.1, -0.05) is 29.8 Å². The summed E-state index contributed by atoms with van der Waals surface area (Å²) in [6.07, 6.45) is 5.56. The van der Waals surface area contributed by atoms with Crippen LogP contribution in [0.3, 0.4) is 0 Å². The van der Waals surface area contributed by atoms with Crippen molar-refractivity contribution in [2.24, 2.45) is 0 Å². The van der Waals surface area contributed by atoms with Crippen molar-refractivity contribution in [3.05, 3.63) is 104 Å². The van der Waals surface area contributed by atoms with Gasteiger partial charge in [-0.05, 0) is 63.5 Å². The standard InChI is InChI=1S/C28H21BrClF2N5O/c29-22-5-4-19(26(31)27(22)32)2-1-10-36-11-8-24-21(16-36)20-12-17(14-33)3-6-23(20)37(24)28(38)35-15-18-7-9-34-25(30)13-18/h1-7,9,12-13H,8,10-11,15-16H2,(H,35,38). The molecular formula is C28H21BrClF2N5O. The van der Waals surface area contributed by atoms with Crippen molar-refractivity contribution in [3.8, 4) is 6.07 Å². The Morgan fingerprint density at radius 1 is 1.21 bits per heavy atom. The number of carbonyl (C=O) groups excluding carboxylic acids is 1. The molecule has 0 aliphatic carbocycles. The molecule has 0 saturated carbocycles. The summed E-state index contributed by atoms with van der Waals surface area (Å²) in [6.45, 7) is 2.01. The Hall–Kier alpha value is -3.58. The smallest absolute Gasteiger partial charge is 0.326 e. The van der Waals surface area contributed by atoms with Gasteiger partial charge in [0.05, 0.1) is 21.6 Å². The summed E-state index contributed by atoms with van der Waals surface area (Å²) in [5.74, 6) is -1.81. The molecular weight excluding hydrogens is 576 g/mol. The molecule has 0 saturated heterocycles. The molecule has 4 aromatic rings. The fraction of sp³-hybridized carbons (Fsp3) is 0.179. The second-order valence-electron chi connectivity index (χ2n) is 8.90. The van der Waals surface area contributed by atoms with Crippen LogP contribution < -0.4 is 5.32 Å². The summed E-state index contributed by atoms with van der Waals surface area (Å²) in [5, 5.41) is 13.6. The number of carbonyl (C=O) groups is 1. The zero-order chi connectivity index (χ0) is 26.8. The van der Waals surface area contributed by atoms with Gasteiger partial charge in [-0.15, -0.1) is 0 Å². The Morgan fingerprint density at radius 3 is 2.84 bits per heavy atom. The molecule has 0 radical (unpaired) electrons. The SMILES string of the molecule is N#Cc1ccc2c(c1)c1c(n2C(=O)NCc2ccnc(Cl)c2)CCN(CC=Cc2ccc(Br)c(F)c2F)C1. The molecule has 38 heavy (non-hydrogen) atoms. The van der Waals surface area contributed by atoms with Crippen LogP contribution in [0.25, 0.3) is 17.0 Å². The van der Waals surface area contributed by atoms with Gasteiger partial charge in [0.15, 0.2) is 11.6 Å². The van der Waals surface area contributed by atoms with E-state index in [-0.39, 0.29) is 22.6 Å². The predicted octanol–water partition coefficient (Wildman–Crippen LogP) is 6.43. The first kappa shape index (κ1) is 26.0. The maximum atomic E-state index is 14.2. The van der Waals surface area contributed by atoms with Crippen molar-refractivity contribution in [1.29, 1.82) is 5.26 Å². The third-order valence-corrected chi connectivity index (χ3v) is 7.34. The third kappa shape index (κ3) is 5.20. The van der Waals surface area contributed by atoms with Gasteiger partial charge in [0.2, 0.25) is 0 Å². The maximum absolute atomic E-state index is 14.2. The molecule has 0 spiro atoms. The van der Waals surface area contributed by atoms with Gasteiger partial charge < -0.3 is 5.32 Å². The van der Waals surface area contributed by atoms with Crippen molar-refractivity contribution >= 4 is 50.5 Å². The molecule has 5 rings (SSSR count). The van der Waals surface area contributed by atoms with Crippen molar-refractivity contribution in [2.45, 2.75) is 19.5 Å². The number of halogens is 4. The summed E-state index contributed by atoms with van der Waals surface area (Å²) >= 11 is 8.95. The molecule has 1 N–H and O–H groups in total. The first-order valence-corrected chi connectivity index (χ1v) is 13.0. The number of fused-ring (bicyclic) bond motifs is 3. The lowest BCUT2D eigenvalue weighted by Gasteiger charge is -2.27. The highest BCUT2D eigenvalue weighted by Gasteiger charge is 2.26.